The highest BCUT2D eigenvalue weighted by atomic mass is 32.1. The second kappa shape index (κ2) is 6.48. The summed E-state index contributed by atoms with van der Waals surface area (Å²) < 4.78 is 1.37. The molecule has 1 amide bonds. The average molecular weight is 340 g/mol. The normalized spacial score (nSPS) is 13.5. The van der Waals surface area contributed by atoms with E-state index in [0.29, 0.717) is 5.13 Å². The summed E-state index contributed by atoms with van der Waals surface area (Å²) in [6, 6.07) is 6.56. The number of thiazole rings is 1. The van der Waals surface area contributed by atoms with E-state index >= 15 is 0 Å². The van der Waals surface area contributed by atoms with E-state index in [4.69, 9.17) is 0 Å². The zero-order valence-electron chi connectivity index (χ0n) is 13.0. The number of amides is 1. The summed E-state index contributed by atoms with van der Waals surface area (Å²) in [5.74, 6) is -0.200. The molecule has 0 saturated carbocycles. The third-order valence-corrected chi connectivity index (χ3v) is 4.85. The number of nitrogens with one attached hydrogen (secondary N) is 1. The molecule has 0 radical (unpaired) electrons. The lowest BCUT2D eigenvalue weighted by Gasteiger charge is -2.16. The van der Waals surface area contributed by atoms with Crippen molar-refractivity contribution in [1.82, 2.24) is 25.2 Å². The predicted octanol–water partition coefficient (Wildman–Crippen LogP) is 2.31. The lowest BCUT2D eigenvalue weighted by Crippen LogP contribution is -2.19. The van der Waals surface area contributed by atoms with Crippen LogP contribution >= 0.6 is 11.3 Å². The minimum Gasteiger partial charge on any atom is -0.300 e. The van der Waals surface area contributed by atoms with Crippen LogP contribution < -0.4 is 5.32 Å². The molecule has 0 atom stereocenters. The fourth-order valence-corrected chi connectivity index (χ4v) is 3.65. The van der Waals surface area contributed by atoms with E-state index in [2.05, 4.69) is 44.0 Å². The van der Waals surface area contributed by atoms with Crippen molar-refractivity contribution >= 4 is 22.4 Å². The van der Waals surface area contributed by atoms with Gasteiger partial charge in [0, 0.05) is 10.9 Å². The summed E-state index contributed by atoms with van der Waals surface area (Å²) in [5, 5.41) is 16.0. The zero-order chi connectivity index (χ0) is 16.4. The largest absolute Gasteiger partial charge is 0.300 e. The number of aromatic nitrogens is 5. The number of fused-ring (bicyclic) bond motifs is 1. The van der Waals surface area contributed by atoms with Crippen molar-refractivity contribution in [2.24, 2.45) is 0 Å². The maximum atomic E-state index is 12.0. The van der Waals surface area contributed by atoms with Crippen LogP contribution in [0.15, 0.2) is 29.9 Å². The first-order valence-electron chi connectivity index (χ1n) is 7.86. The number of aryl methyl sites for hydroxylation is 2. The number of rotatable bonds is 4. The summed E-state index contributed by atoms with van der Waals surface area (Å²) in [4.78, 5) is 16.5. The monoisotopic (exact) mass is 340 g/mol. The highest BCUT2D eigenvalue weighted by molar-refractivity contribution is 7.14. The Morgan fingerprint density at radius 1 is 1.25 bits per heavy atom. The van der Waals surface area contributed by atoms with E-state index in [1.165, 1.54) is 52.7 Å². The summed E-state index contributed by atoms with van der Waals surface area (Å²) >= 11 is 1.42. The fourth-order valence-electron chi connectivity index (χ4n) is 2.92. The number of tetrazole rings is 1. The maximum absolute atomic E-state index is 12.0. The van der Waals surface area contributed by atoms with Crippen LogP contribution in [0.2, 0.25) is 0 Å². The second-order valence-electron chi connectivity index (χ2n) is 5.78. The van der Waals surface area contributed by atoms with Gasteiger partial charge in [-0.05, 0) is 53.3 Å². The lowest BCUT2D eigenvalue weighted by atomic mass is 9.90. The molecule has 24 heavy (non-hydrogen) atoms. The Kier molecular flexibility index (Phi) is 4.04. The van der Waals surface area contributed by atoms with Crippen LogP contribution in [0, 0.1) is 0 Å². The van der Waals surface area contributed by atoms with Crippen LogP contribution in [0.4, 0.5) is 5.13 Å². The quantitative estimate of drug-likeness (QED) is 0.788. The molecule has 0 bridgehead atoms. The minimum absolute atomic E-state index is 0.0702. The molecule has 0 spiro atoms. The lowest BCUT2D eigenvalue weighted by molar-refractivity contribution is -0.116. The van der Waals surface area contributed by atoms with E-state index in [1.807, 2.05) is 5.38 Å². The molecule has 122 valence electrons. The molecule has 8 heteroatoms. The molecule has 0 fully saturated rings. The molecule has 1 aliphatic rings. The van der Waals surface area contributed by atoms with Crippen molar-refractivity contribution in [3.63, 3.8) is 0 Å². The second-order valence-corrected chi connectivity index (χ2v) is 6.64. The molecule has 0 aliphatic heterocycles. The van der Waals surface area contributed by atoms with Gasteiger partial charge in [-0.15, -0.1) is 16.4 Å². The number of carbonyl (C=O) groups excluding carboxylic acids is 1. The van der Waals surface area contributed by atoms with Gasteiger partial charge in [-0.3, -0.25) is 4.79 Å². The van der Waals surface area contributed by atoms with Crippen molar-refractivity contribution in [3.8, 4) is 11.3 Å². The molecule has 1 N–H and O–H groups in total. The Bertz CT molecular complexity index is 857. The zero-order valence-corrected chi connectivity index (χ0v) is 13.8. The third kappa shape index (κ3) is 3.18. The molecule has 0 unspecified atom stereocenters. The highest BCUT2D eigenvalue weighted by Gasteiger charge is 2.13. The van der Waals surface area contributed by atoms with Gasteiger partial charge >= 0.3 is 0 Å². The summed E-state index contributed by atoms with van der Waals surface area (Å²) in [6.07, 6.45) is 6.25. The Hall–Kier alpha value is -2.61. The first kappa shape index (κ1) is 14.9. The topological polar surface area (TPSA) is 85.6 Å². The van der Waals surface area contributed by atoms with Gasteiger partial charge in [0.05, 0.1) is 5.69 Å². The van der Waals surface area contributed by atoms with Gasteiger partial charge in [-0.1, -0.05) is 12.1 Å². The maximum Gasteiger partial charge on any atom is 0.248 e. The Morgan fingerprint density at radius 3 is 2.96 bits per heavy atom. The molecule has 0 saturated heterocycles. The molecule has 2 aromatic heterocycles. The number of carbonyl (C=O) groups is 1. The first-order chi connectivity index (χ1) is 11.8. The molecular weight excluding hydrogens is 324 g/mol. The predicted molar refractivity (Wildman–Crippen MR) is 90.6 cm³/mol. The van der Waals surface area contributed by atoms with Gasteiger partial charge in [0.15, 0.2) is 5.13 Å². The SMILES string of the molecule is O=C(Cn1cnnn1)Nc1nc(-c2ccc3c(c2)CCCC3)cs1. The Labute approximate surface area is 142 Å². The van der Waals surface area contributed by atoms with E-state index in [1.54, 1.807) is 0 Å². The smallest absolute Gasteiger partial charge is 0.248 e. The first-order valence-corrected chi connectivity index (χ1v) is 8.74. The highest BCUT2D eigenvalue weighted by Crippen LogP contribution is 2.29. The van der Waals surface area contributed by atoms with E-state index in [-0.39, 0.29) is 12.5 Å². The van der Waals surface area contributed by atoms with Gasteiger partial charge in [0.25, 0.3) is 0 Å². The van der Waals surface area contributed by atoms with Crippen molar-refractivity contribution < 1.29 is 4.79 Å². The van der Waals surface area contributed by atoms with Crippen LogP contribution in [-0.2, 0) is 24.2 Å². The van der Waals surface area contributed by atoms with Crippen LogP contribution in [0.1, 0.15) is 24.0 Å². The van der Waals surface area contributed by atoms with E-state index in [9.17, 15) is 4.79 Å². The molecule has 1 aromatic carbocycles. The Balaban J connectivity index is 1.47. The van der Waals surface area contributed by atoms with Crippen molar-refractivity contribution in [1.29, 1.82) is 0 Å². The number of nitrogens with zero attached hydrogens (tertiary/aromatic N) is 5. The van der Waals surface area contributed by atoms with E-state index < -0.39 is 0 Å². The molecule has 3 aromatic rings. The van der Waals surface area contributed by atoms with Gasteiger partial charge in [0.1, 0.15) is 12.9 Å². The fraction of sp³-hybridized carbons (Fsp3) is 0.312. The number of hydrogen-bond acceptors (Lipinski definition) is 6. The molecular formula is C16H16N6OS. The van der Waals surface area contributed by atoms with Crippen LogP contribution in [0.25, 0.3) is 11.3 Å². The number of benzene rings is 1. The van der Waals surface area contributed by atoms with Gasteiger partial charge in [-0.25, -0.2) is 9.67 Å². The molecule has 4 rings (SSSR count). The van der Waals surface area contributed by atoms with Gasteiger partial charge in [-0.2, -0.15) is 0 Å². The van der Waals surface area contributed by atoms with Crippen molar-refractivity contribution in [2.45, 2.75) is 32.2 Å². The average Bonchev–Trinajstić information content (AvgIpc) is 3.26. The van der Waals surface area contributed by atoms with Crippen LogP contribution in [-0.4, -0.2) is 31.1 Å². The van der Waals surface area contributed by atoms with E-state index in [0.717, 1.165) is 17.7 Å². The molecule has 7 nitrogen and oxygen atoms in total. The van der Waals surface area contributed by atoms with Crippen molar-refractivity contribution in [3.05, 3.63) is 41.0 Å². The summed E-state index contributed by atoms with van der Waals surface area (Å²) in [5.41, 5.74) is 4.88. The van der Waals surface area contributed by atoms with Gasteiger partial charge < -0.3 is 5.32 Å². The molecule has 1 aliphatic carbocycles. The van der Waals surface area contributed by atoms with Crippen molar-refractivity contribution in [2.75, 3.05) is 5.32 Å². The molecule has 2 heterocycles. The third-order valence-electron chi connectivity index (χ3n) is 4.09. The van der Waals surface area contributed by atoms with Crippen LogP contribution in [0.5, 0.6) is 0 Å². The van der Waals surface area contributed by atoms with Crippen LogP contribution in [0.3, 0.4) is 0 Å². The number of anilines is 1. The van der Waals surface area contributed by atoms with Gasteiger partial charge in [0.2, 0.25) is 5.91 Å². The standard InChI is InChI=1S/C16H16N6OS/c23-15(8-22-10-17-20-21-22)19-16-18-14(9-24-16)13-6-5-11-3-1-2-4-12(11)7-13/h5-7,9-10H,1-4,8H2,(H,18,19,23). The minimum atomic E-state index is -0.200. The number of hydrogen-bond donors (Lipinski definition) is 1. The Morgan fingerprint density at radius 2 is 2.12 bits per heavy atom. The summed E-state index contributed by atoms with van der Waals surface area (Å²) in [6.45, 7) is 0.0702. The summed E-state index contributed by atoms with van der Waals surface area (Å²) in [7, 11) is 0.